The topological polar surface area (TPSA) is 92.1 Å². The number of piperidine rings is 1. The molecule has 0 radical (unpaired) electrons. The van der Waals surface area contributed by atoms with Gasteiger partial charge in [-0.05, 0) is 44.0 Å². The number of carbonyl (C=O) groups is 3. The zero-order valence-electron chi connectivity index (χ0n) is 18.1. The van der Waals surface area contributed by atoms with Gasteiger partial charge in [0, 0.05) is 37.5 Å². The third kappa shape index (κ3) is 3.79. The Bertz CT molecular complexity index is 1020. The number of hydrogen-bond donors (Lipinski definition) is 1. The average Bonchev–Trinajstić information content (AvgIpc) is 3.30. The highest BCUT2D eigenvalue weighted by Gasteiger charge is 2.54. The SMILES string of the molecule is Cc1cccc(C(=O)N2C(C(=O)NC3CC3)COC23CCN(C(=O)c2ccco2)CC3)c1. The van der Waals surface area contributed by atoms with Crippen LogP contribution in [0.25, 0.3) is 0 Å². The summed E-state index contributed by atoms with van der Waals surface area (Å²) in [6.07, 6.45) is 4.29. The van der Waals surface area contributed by atoms with E-state index < -0.39 is 11.8 Å². The van der Waals surface area contributed by atoms with Gasteiger partial charge in [0.1, 0.15) is 11.8 Å². The van der Waals surface area contributed by atoms with Crippen LogP contribution in [0, 0.1) is 6.92 Å². The molecule has 1 aliphatic carbocycles. The van der Waals surface area contributed by atoms with E-state index in [1.165, 1.54) is 6.26 Å². The largest absolute Gasteiger partial charge is 0.459 e. The third-order valence-corrected chi connectivity index (χ3v) is 6.53. The number of benzene rings is 1. The molecule has 1 saturated carbocycles. The monoisotopic (exact) mass is 437 g/mol. The molecule has 168 valence electrons. The van der Waals surface area contributed by atoms with Crippen LogP contribution in [0.15, 0.2) is 47.1 Å². The summed E-state index contributed by atoms with van der Waals surface area (Å²) in [6.45, 7) is 2.91. The Labute approximate surface area is 186 Å². The van der Waals surface area contributed by atoms with Crippen LogP contribution in [-0.4, -0.2) is 65.0 Å². The first kappa shape index (κ1) is 20.8. The van der Waals surface area contributed by atoms with Crippen molar-refractivity contribution >= 4 is 17.7 Å². The van der Waals surface area contributed by atoms with Gasteiger partial charge in [-0.1, -0.05) is 17.7 Å². The maximum atomic E-state index is 13.7. The molecule has 1 N–H and O–H groups in total. The van der Waals surface area contributed by atoms with Crippen molar-refractivity contribution in [2.45, 2.75) is 50.4 Å². The number of nitrogens with one attached hydrogen (secondary N) is 1. The molecule has 2 aliphatic heterocycles. The first-order chi connectivity index (χ1) is 15.5. The number of nitrogens with zero attached hydrogens (tertiary/aromatic N) is 2. The molecule has 1 unspecified atom stereocenters. The molecule has 8 nitrogen and oxygen atoms in total. The van der Waals surface area contributed by atoms with Crippen molar-refractivity contribution in [1.29, 1.82) is 0 Å². The van der Waals surface area contributed by atoms with Crippen LogP contribution in [0.5, 0.6) is 0 Å². The van der Waals surface area contributed by atoms with Gasteiger partial charge in [-0.3, -0.25) is 19.3 Å². The van der Waals surface area contributed by atoms with E-state index in [9.17, 15) is 14.4 Å². The third-order valence-electron chi connectivity index (χ3n) is 6.53. The van der Waals surface area contributed by atoms with Crippen molar-refractivity contribution in [2.75, 3.05) is 19.7 Å². The number of carbonyl (C=O) groups excluding carboxylic acids is 3. The summed E-state index contributed by atoms with van der Waals surface area (Å²) < 4.78 is 11.4. The minimum absolute atomic E-state index is 0.155. The predicted octanol–water partition coefficient (Wildman–Crippen LogP) is 2.34. The summed E-state index contributed by atoms with van der Waals surface area (Å²) in [4.78, 5) is 42.7. The lowest BCUT2D eigenvalue weighted by atomic mass is 9.96. The number of aryl methyl sites for hydroxylation is 1. The van der Waals surface area contributed by atoms with Gasteiger partial charge in [-0.2, -0.15) is 0 Å². The van der Waals surface area contributed by atoms with Crippen molar-refractivity contribution < 1.29 is 23.5 Å². The van der Waals surface area contributed by atoms with Crippen LogP contribution in [0.3, 0.4) is 0 Å². The molecular formula is C24H27N3O5. The fourth-order valence-electron chi connectivity index (χ4n) is 4.62. The van der Waals surface area contributed by atoms with Crippen LogP contribution >= 0.6 is 0 Å². The Hall–Kier alpha value is -3.13. The summed E-state index contributed by atoms with van der Waals surface area (Å²) in [6, 6.07) is 10.2. The number of furan rings is 1. The van der Waals surface area contributed by atoms with E-state index in [2.05, 4.69) is 5.32 Å². The fraction of sp³-hybridized carbons (Fsp3) is 0.458. The molecule has 1 aromatic heterocycles. The number of rotatable bonds is 4. The van der Waals surface area contributed by atoms with Crippen LogP contribution in [0.4, 0.5) is 0 Å². The van der Waals surface area contributed by atoms with E-state index in [4.69, 9.17) is 9.15 Å². The highest BCUT2D eigenvalue weighted by Crippen LogP contribution is 2.39. The van der Waals surface area contributed by atoms with Crippen LogP contribution in [0.1, 0.15) is 52.2 Å². The summed E-state index contributed by atoms with van der Waals surface area (Å²) in [5.74, 6) is -0.266. The van der Waals surface area contributed by atoms with Crippen molar-refractivity contribution in [3.05, 3.63) is 59.5 Å². The summed E-state index contributed by atoms with van der Waals surface area (Å²) in [7, 11) is 0. The Morgan fingerprint density at radius 1 is 1.06 bits per heavy atom. The lowest BCUT2D eigenvalue weighted by molar-refractivity contribution is -0.128. The van der Waals surface area contributed by atoms with Crippen molar-refractivity contribution in [2.24, 2.45) is 0 Å². The molecule has 3 aliphatic rings. The molecular weight excluding hydrogens is 410 g/mol. The van der Waals surface area contributed by atoms with Crippen LogP contribution in [0.2, 0.25) is 0 Å². The Balaban J connectivity index is 1.39. The summed E-state index contributed by atoms with van der Waals surface area (Å²) in [5.41, 5.74) is 0.600. The molecule has 3 fully saturated rings. The van der Waals surface area contributed by atoms with Crippen LogP contribution in [-0.2, 0) is 9.53 Å². The molecule has 1 spiro atoms. The molecule has 2 saturated heterocycles. The second kappa shape index (κ2) is 8.09. The molecule has 5 rings (SSSR count). The normalized spacial score (nSPS) is 22.2. The van der Waals surface area contributed by atoms with E-state index in [1.54, 1.807) is 28.0 Å². The average molecular weight is 437 g/mol. The zero-order valence-corrected chi connectivity index (χ0v) is 18.1. The minimum atomic E-state index is -0.910. The molecule has 2 aromatic rings. The summed E-state index contributed by atoms with van der Waals surface area (Å²) in [5, 5.41) is 3.02. The summed E-state index contributed by atoms with van der Waals surface area (Å²) >= 11 is 0. The first-order valence-corrected chi connectivity index (χ1v) is 11.1. The predicted molar refractivity (Wildman–Crippen MR) is 115 cm³/mol. The van der Waals surface area contributed by atoms with E-state index in [0.717, 1.165) is 18.4 Å². The minimum Gasteiger partial charge on any atom is -0.459 e. The molecule has 1 aromatic carbocycles. The van der Waals surface area contributed by atoms with E-state index in [1.807, 2.05) is 25.1 Å². The molecule has 1 atom stereocenters. The van der Waals surface area contributed by atoms with Gasteiger partial charge in [-0.25, -0.2) is 0 Å². The number of ether oxygens (including phenoxy) is 1. The van der Waals surface area contributed by atoms with E-state index in [0.29, 0.717) is 37.3 Å². The van der Waals surface area contributed by atoms with E-state index in [-0.39, 0.29) is 30.4 Å². The van der Waals surface area contributed by atoms with Gasteiger partial charge >= 0.3 is 0 Å². The second-order valence-corrected chi connectivity index (χ2v) is 8.87. The van der Waals surface area contributed by atoms with Gasteiger partial charge in [0.25, 0.3) is 11.8 Å². The molecule has 3 amide bonds. The number of likely N-dealkylation sites (tertiary alicyclic amines) is 1. The number of amides is 3. The Morgan fingerprint density at radius 2 is 1.84 bits per heavy atom. The lowest BCUT2D eigenvalue weighted by Crippen LogP contribution is -2.60. The smallest absolute Gasteiger partial charge is 0.289 e. The highest BCUT2D eigenvalue weighted by atomic mass is 16.5. The number of hydrogen-bond acceptors (Lipinski definition) is 5. The van der Waals surface area contributed by atoms with E-state index >= 15 is 0 Å². The van der Waals surface area contributed by atoms with Gasteiger partial charge in [0.05, 0.1) is 12.9 Å². The highest BCUT2D eigenvalue weighted by molar-refractivity contribution is 5.98. The van der Waals surface area contributed by atoms with Crippen LogP contribution < -0.4 is 5.32 Å². The molecule has 0 bridgehead atoms. The fourth-order valence-corrected chi connectivity index (χ4v) is 4.62. The maximum Gasteiger partial charge on any atom is 0.289 e. The zero-order chi connectivity index (χ0) is 22.3. The van der Waals surface area contributed by atoms with Gasteiger partial charge in [0.15, 0.2) is 5.76 Å². The first-order valence-electron chi connectivity index (χ1n) is 11.1. The Kier molecular flexibility index (Phi) is 5.25. The second-order valence-electron chi connectivity index (χ2n) is 8.87. The van der Waals surface area contributed by atoms with Gasteiger partial charge < -0.3 is 19.4 Å². The molecule has 32 heavy (non-hydrogen) atoms. The lowest BCUT2D eigenvalue weighted by Gasteiger charge is -2.44. The maximum absolute atomic E-state index is 13.7. The van der Waals surface area contributed by atoms with Gasteiger partial charge in [-0.15, -0.1) is 0 Å². The van der Waals surface area contributed by atoms with Crippen molar-refractivity contribution in [3.63, 3.8) is 0 Å². The molecule has 3 heterocycles. The Morgan fingerprint density at radius 3 is 2.50 bits per heavy atom. The van der Waals surface area contributed by atoms with Crippen molar-refractivity contribution in [1.82, 2.24) is 15.1 Å². The van der Waals surface area contributed by atoms with Crippen molar-refractivity contribution in [3.8, 4) is 0 Å². The molecule has 8 heteroatoms. The van der Waals surface area contributed by atoms with Gasteiger partial charge in [0.2, 0.25) is 5.91 Å². The standard InChI is InChI=1S/C24H27N3O5/c1-16-4-2-5-17(14-16)22(29)27-19(21(28)25-18-7-8-18)15-32-24(27)9-11-26(12-10-24)23(30)20-6-3-13-31-20/h2-6,13-14,18-19H,7-12,15H2,1H3,(H,25,28). The quantitative estimate of drug-likeness (QED) is 0.793.